The first kappa shape index (κ1) is 15.4. The lowest BCUT2D eigenvalue weighted by Gasteiger charge is -2.50. The number of fused-ring (bicyclic) bond motifs is 2. The van der Waals surface area contributed by atoms with E-state index in [1.807, 2.05) is 19.3 Å². The van der Waals surface area contributed by atoms with E-state index in [0.717, 1.165) is 51.1 Å². The van der Waals surface area contributed by atoms with Gasteiger partial charge in [-0.1, -0.05) is 6.92 Å². The van der Waals surface area contributed by atoms with Crippen LogP contribution in [0, 0.1) is 0 Å². The molecule has 4 heterocycles. The van der Waals surface area contributed by atoms with Crippen LogP contribution in [0.1, 0.15) is 43.1 Å². The minimum Gasteiger partial charge on any atom is -0.472 e. The summed E-state index contributed by atoms with van der Waals surface area (Å²) >= 11 is 0. The maximum absolute atomic E-state index is 12.6. The van der Waals surface area contributed by atoms with E-state index in [-0.39, 0.29) is 11.4 Å². The maximum Gasteiger partial charge on any atom is 0.223 e. The number of likely N-dealkylation sites (tertiary alicyclic amines) is 1. The molecule has 2 aliphatic rings. The first-order valence-electron chi connectivity index (χ1n) is 8.79. The van der Waals surface area contributed by atoms with E-state index in [2.05, 4.69) is 19.8 Å². The predicted molar refractivity (Wildman–Crippen MR) is 89.2 cm³/mol. The summed E-state index contributed by atoms with van der Waals surface area (Å²) in [6, 6.07) is 2.02. The average Bonchev–Trinajstić information content (AvgIpc) is 3.28. The smallest absolute Gasteiger partial charge is 0.223 e. The third kappa shape index (κ3) is 2.45. The molecule has 4 rings (SSSR count). The van der Waals surface area contributed by atoms with Gasteiger partial charge in [0.25, 0.3) is 0 Å². The number of amides is 1. The number of nitrogens with one attached hydrogen (secondary N) is 1. The van der Waals surface area contributed by atoms with Crippen LogP contribution in [0.4, 0.5) is 0 Å². The Morgan fingerprint density at radius 2 is 2.21 bits per heavy atom. The Hall–Kier alpha value is -2.08. The zero-order chi connectivity index (χ0) is 16.6. The monoisotopic (exact) mass is 328 g/mol. The minimum atomic E-state index is -0.229. The number of carbonyl (C=O) groups excluding carboxylic acids is 1. The Kier molecular flexibility index (Phi) is 3.92. The first-order valence-corrected chi connectivity index (χ1v) is 8.79. The number of hydrogen-bond donors (Lipinski definition) is 1. The van der Waals surface area contributed by atoms with Crippen LogP contribution < -0.4 is 0 Å². The molecular weight excluding hydrogens is 304 g/mol. The molecule has 2 aliphatic heterocycles. The van der Waals surface area contributed by atoms with Crippen molar-refractivity contribution in [2.45, 2.75) is 44.7 Å². The van der Waals surface area contributed by atoms with Gasteiger partial charge in [0.2, 0.25) is 5.91 Å². The topological polar surface area (TPSA) is 65.4 Å². The molecule has 0 aromatic carbocycles. The van der Waals surface area contributed by atoms with E-state index >= 15 is 0 Å². The molecule has 1 saturated heterocycles. The summed E-state index contributed by atoms with van der Waals surface area (Å²) in [5.74, 6) is 0.243. The van der Waals surface area contributed by atoms with Crippen LogP contribution in [0.15, 0.2) is 29.3 Å². The first-order chi connectivity index (χ1) is 11.7. The zero-order valence-electron chi connectivity index (χ0n) is 14.1. The number of furan rings is 1. The molecule has 0 unspecified atom stereocenters. The molecule has 1 spiro atoms. The molecule has 24 heavy (non-hydrogen) atoms. The third-order valence-corrected chi connectivity index (χ3v) is 5.53. The van der Waals surface area contributed by atoms with Gasteiger partial charge in [-0.3, -0.25) is 9.69 Å². The second-order valence-electron chi connectivity index (χ2n) is 6.82. The molecule has 128 valence electrons. The number of hydrogen-bond acceptors (Lipinski definition) is 4. The number of piperidine rings is 1. The van der Waals surface area contributed by atoms with Gasteiger partial charge < -0.3 is 14.3 Å². The second-order valence-corrected chi connectivity index (χ2v) is 6.82. The molecule has 2 aromatic rings. The highest BCUT2D eigenvalue weighted by molar-refractivity contribution is 5.77. The summed E-state index contributed by atoms with van der Waals surface area (Å²) in [4.78, 5) is 25.0. The molecule has 6 nitrogen and oxygen atoms in total. The average molecular weight is 328 g/mol. The molecule has 0 radical (unpaired) electrons. The van der Waals surface area contributed by atoms with Crippen molar-refractivity contribution in [2.24, 2.45) is 0 Å². The molecule has 0 aliphatic carbocycles. The minimum absolute atomic E-state index is 0.229. The van der Waals surface area contributed by atoms with E-state index in [4.69, 9.17) is 4.42 Å². The lowest BCUT2D eigenvalue weighted by Crippen LogP contribution is -2.58. The van der Waals surface area contributed by atoms with Crippen molar-refractivity contribution in [1.82, 2.24) is 19.8 Å². The van der Waals surface area contributed by atoms with E-state index in [9.17, 15) is 4.79 Å². The quantitative estimate of drug-likeness (QED) is 0.939. The normalized spacial score (nSPS) is 20.3. The van der Waals surface area contributed by atoms with Gasteiger partial charge in [-0.15, -0.1) is 0 Å². The van der Waals surface area contributed by atoms with Gasteiger partial charge in [-0.2, -0.15) is 0 Å². The van der Waals surface area contributed by atoms with Gasteiger partial charge in [-0.05, 0) is 18.9 Å². The number of imidazole rings is 1. The Bertz CT molecular complexity index is 698. The number of carbonyl (C=O) groups is 1. The third-order valence-electron chi connectivity index (χ3n) is 5.53. The highest BCUT2D eigenvalue weighted by Crippen LogP contribution is 2.42. The number of rotatable bonds is 3. The Balaban J connectivity index is 1.57. The fraction of sp³-hybridized carbons (Fsp3) is 0.556. The fourth-order valence-electron chi connectivity index (χ4n) is 4.26. The SMILES string of the molecule is CCC(=O)N1CCc2[nH]cnc2C12CCN(Cc1ccoc1)CC2. The Morgan fingerprint density at radius 3 is 2.92 bits per heavy atom. The maximum atomic E-state index is 12.6. The summed E-state index contributed by atoms with van der Waals surface area (Å²) in [6.45, 7) is 5.57. The van der Waals surface area contributed by atoms with Gasteiger partial charge >= 0.3 is 0 Å². The number of aromatic amines is 1. The summed E-state index contributed by atoms with van der Waals surface area (Å²) in [5, 5.41) is 0. The van der Waals surface area contributed by atoms with E-state index < -0.39 is 0 Å². The van der Waals surface area contributed by atoms with Crippen molar-refractivity contribution < 1.29 is 9.21 Å². The van der Waals surface area contributed by atoms with Crippen LogP contribution in [-0.2, 0) is 23.3 Å². The predicted octanol–water partition coefficient (Wildman–Crippen LogP) is 2.29. The van der Waals surface area contributed by atoms with Gasteiger partial charge in [0, 0.05) is 50.3 Å². The van der Waals surface area contributed by atoms with Crippen molar-refractivity contribution in [3.05, 3.63) is 41.9 Å². The molecule has 6 heteroatoms. The van der Waals surface area contributed by atoms with Crippen LogP contribution in [0.3, 0.4) is 0 Å². The van der Waals surface area contributed by atoms with Crippen LogP contribution in [0.5, 0.6) is 0 Å². The summed E-state index contributed by atoms with van der Waals surface area (Å²) in [5.41, 5.74) is 3.28. The zero-order valence-corrected chi connectivity index (χ0v) is 14.1. The molecule has 1 fully saturated rings. The molecule has 1 amide bonds. The van der Waals surface area contributed by atoms with Crippen molar-refractivity contribution in [3.63, 3.8) is 0 Å². The van der Waals surface area contributed by atoms with Crippen molar-refractivity contribution >= 4 is 5.91 Å². The van der Waals surface area contributed by atoms with Gasteiger partial charge in [0.05, 0.1) is 30.1 Å². The van der Waals surface area contributed by atoms with Crippen molar-refractivity contribution in [3.8, 4) is 0 Å². The summed E-state index contributed by atoms with van der Waals surface area (Å²) in [7, 11) is 0. The molecular formula is C18H24N4O2. The number of nitrogens with zero attached hydrogens (tertiary/aromatic N) is 3. The van der Waals surface area contributed by atoms with Gasteiger partial charge in [0.15, 0.2) is 0 Å². The molecule has 0 saturated carbocycles. The van der Waals surface area contributed by atoms with Crippen LogP contribution in [0.2, 0.25) is 0 Å². The number of aromatic nitrogens is 2. The highest BCUT2D eigenvalue weighted by Gasteiger charge is 2.48. The van der Waals surface area contributed by atoms with Crippen LogP contribution >= 0.6 is 0 Å². The molecule has 1 N–H and O–H groups in total. The van der Waals surface area contributed by atoms with E-state index in [1.54, 1.807) is 12.6 Å². The van der Waals surface area contributed by atoms with Crippen LogP contribution in [0.25, 0.3) is 0 Å². The standard InChI is InChI=1S/C18H24N4O2/c1-2-16(23)22-7-3-15-17(20-13-19-15)18(22)5-8-21(9-6-18)11-14-4-10-24-12-14/h4,10,12-13H,2-3,5-9,11H2,1H3,(H,19,20). The van der Waals surface area contributed by atoms with E-state index in [1.165, 1.54) is 11.3 Å². The Morgan fingerprint density at radius 1 is 1.38 bits per heavy atom. The van der Waals surface area contributed by atoms with Crippen LogP contribution in [-0.4, -0.2) is 45.3 Å². The largest absolute Gasteiger partial charge is 0.472 e. The van der Waals surface area contributed by atoms with Crippen molar-refractivity contribution in [2.75, 3.05) is 19.6 Å². The molecule has 2 aromatic heterocycles. The Labute approximate surface area is 141 Å². The second kappa shape index (κ2) is 6.09. The van der Waals surface area contributed by atoms with Crippen molar-refractivity contribution in [1.29, 1.82) is 0 Å². The summed E-state index contributed by atoms with van der Waals surface area (Å²) < 4.78 is 5.17. The molecule has 0 bridgehead atoms. The lowest BCUT2D eigenvalue weighted by atomic mass is 9.78. The lowest BCUT2D eigenvalue weighted by molar-refractivity contribution is -0.141. The number of H-pyrrole nitrogens is 1. The fourth-order valence-corrected chi connectivity index (χ4v) is 4.26. The molecule has 0 atom stereocenters. The highest BCUT2D eigenvalue weighted by atomic mass is 16.3. The van der Waals surface area contributed by atoms with E-state index in [0.29, 0.717) is 6.42 Å². The van der Waals surface area contributed by atoms with Gasteiger partial charge in [0.1, 0.15) is 0 Å². The van der Waals surface area contributed by atoms with Gasteiger partial charge in [-0.25, -0.2) is 4.98 Å². The summed E-state index contributed by atoms with van der Waals surface area (Å²) in [6.07, 6.45) is 8.62.